The summed E-state index contributed by atoms with van der Waals surface area (Å²) in [6.07, 6.45) is 7.89. The summed E-state index contributed by atoms with van der Waals surface area (Å²) in [5.41, 5.74) is 1.81. The van der Waals surface area contributed by atoms with Gasteiger partial charge < -0.3 is 14.2 Å². The second kappa shape index (κ2) is 10.8. The van der Waals surface area contributed by atoms with Crippen LogP contribution in [0.4, 0.5) is 0 Å². The molecule has 0 spiro atoms. The van der Waals surface area contributed by atoms with Gasteiger partial charge in [0.15, 0.2) is 5.60 Å². The monoisotopic (exact) mass is 434 g/mol. The van der Waals surface area contributed by atoms with E-state index < -0.39 is 5.60 Å². The first-order chi connectivity index (χ1) is 15.7. The van der Waals surface area contributed by atoms with Crippen LogP contribution in [0.2, 0.25) is 0 Å². The van der Waals surface area contributed by atoms with E-state index >= 15 is 0 Å². The fourth-order valence-corrected chi connectivity index (χ4v) is 5.00. The first kappa shape index (κ1) is 22.6. The van der Waals surface area contributed by atoms with Crippen molar-refractivity contribution in [3.8, 4) is 0 Å². The zero-order valence-electron chi connectivity index (χ0n) is 19.1. The number of carbonyl (C=O) groups is 1. The third kappa shape index (κ3) is 4.75. The molecule has 0 N–H and O–H groups in total. The molecule has 170 valence electrons. The second-order valence-corrected chi connectivity index (χ2v) is 8.78. The molecule has 1 unspecified atom stereocenters. The number of esters is 1. The molecule has 1 atom stereocenters. The van der Waals surface area contributed by atoms with Crippen LogP contribution in [0, 0.1) is 5.92 Å². The van der Waals surface area contributed by atoms with Gasteiger partial charge in [0.1, 0.15) is 5.76 Å². The van der Waals surface area contributed by atoms with E-state index in [1.165, 1.54) is 25.7 Å². The molecule has 32 heavy (non-hydrogen) atoms. The third-order valence-electron chi connectivity index (χ3n) is 6.61. The summed E-state index contributed by atoms with van der Waals surface area (Å²) in [5, 5.41) is 0. The third-order valence-corrected chi connectivity index (χ3v) is 6.61. The normalized spacial score (nSPS) is 22.8. The van der Waals surface area contributed by atoms with Crippen molar-refractivity contribution in [3.63, 3.8) is 0 Å². The van der Waals surface area contributed by atoms with Gasteiger partial charge in [-0.2, -0.15) is 0 Å². The van der Waals surface area contributed by atoms with Crippen LogP contribution in [0.3, 0.4) is 0 Å². The van der Waals surface area contributed by atoms with E-state index in [0.29, 0.717) is 31.2 Å². The molecule has 0 amide bonds. The number of carbonyl (C=O) groups excluding carboxylic acids is 1. The Balaban J connectivity index is 1.73. The van der Waals surface area contributed by atoms with E-state index in [0.717, 1.165) is 30.4 Å². The van der Waals surface area contributed by atoms with E-state index in [2.05, 4.69) is 24.3 Å². The molecule has 4 nitrogen and oxygen atoms in total. The molecule has 0 saturated carbocycles. The van der Waals surface area contributed by atoms with Crippen LogP contribution >= 0.6 is 0 Å². The Kier molecular flexibility index (Phi) is 7.64. The van der Waals surface area contributed by atoms with Crippen LogP contribution in [0.25, 0.3) is 0 Å². The predicted octanol–water partition coefficient (Wildman–Crippen LogP) is 6.15. The molecule has 4 rings (SSSR count). The van der Waals surface area contributed by atoms with Crippen molar-refractivity contribution in [2.75, 3.05) is 19.8 Å². The minimum atomic E-state index is -0.824. The van der Waals surface area contributed by atoms with Crippen LogP contribution in [-0.2, 0) is 24.6 Å². The highest BCUT2D eigenvalue weighted by molar-refractivity contribution is 5.91. The number of hydrogen-bond donors (Lipinski definition) is 0. The standard InChI is InChI=1S/C28H34O4/c1-22-26-25(21-30-19-13-5-3-2-4-6-14-20-31-27(26)29)28(32-22,23-15-9-7-10-16-23)24-17-11-8-12-18-24/h7-12,15-18,25H,2-6,13-14,19-21H2,1H3. The van der Waals surface area contributed by atoms with Gasteiger partial charge in [0, 0.05) is 17.7 Å². The number of allylic oxidation sites excluding steroid dienone is 1. The fraction of sp³-hybridized carbons (Fsp3) is 0.464. The fourth-order valence-electron chi connectivity index (χ4n) is 5.00. The lowest BCUT2D eigenvalue weighted by Gasteiger charge is -2.36. The van der Waals surface area contributed by atoms with Gasteiger partial charge in [-0.15, -0.1) is 0 Å². The summed E-state index contributed by atoms with van der Waals surface area (Å²) in [6, 6.07) is 20.4. The van der Waals surface area contributed by atoms with E-state index in [1.54, 1.807) is 0 Å². The molecule has 4 heteroatoms. The largest absolute Gasteiger partial charge is 0.481 e. The molecular weight excluding hydrogens is 400 g/mol. The van der Waals surface area contributed by atoms with Crippen molar-refractivity contribution >= 4 is 5.97 Å². The summed E-state index contributed by atoms with van der Waals surface area (Å²) in [6.45, 7) is 3.43. The molecule has 2 aromatic rings. The molecule has 1 fully saturated rings. The van der Waals surface area contributed by atoms with Crippen molar-refractivity contribution in [2.24, 2.45) is 5.92 Å². The van der Waals surface area contributed by atoms with Gasteiger partial charge in [-0.05, 0) is 19.8 Å². The van der Waals surface area contributed by atoms with E-state index in [4.69, 9.17) is 14.2 Å². The molecule has 2 aliphatic heterocycles. The highest BCUT2D eigenvalue weighted by Gasteiger charge is 2.53. The van der Waals surface area contributed by atoms with Gasteiger partial charge in [0.25, 0.3) is 0 Å². The number of ether oxygens (including phenoxy) is 3. The van der Waals surface area contributed by atoms with E-state index in [1.807, 2.05) is 43.3 Å². The number of rotatable bonds is 2. The van der Waals surface area contributed by atoms with Crippen LogP contribution in [-0.4, -0.2) is 25.8 Å². The maximum absolute atomic E-state index is 13.3. The van der Waals surface area contributed by atoms with Crippen molar-refractivity contribution in [2.45, 2.75) is 57.5 Å². The number of cyclic esters (lactones) is 1. The minimum Gasteiger partial charge on any atom is -0.481 e. The zero-order valence-corrected chi connectivity index (χ0v) is 19.1. The molecule has 0 radical (unpaired) electrons. The minimum absolute atomic E-state index is 0.278. The van der Waals surface area contributed by atoms with Crippen molar-refractivity contribution < 1.29 is 19.0 Å². The van der Waals surface area contributed by atoms with E-state index in [-0.39, 0.29) is 11.9 Å². The smallest absolute Gasteiger partial charge is 0.337 e. The summed E-state index contributed by atoms with van der Waals surface area (Å²) >= 11 is 0. The molecular formula is C28H34O4. The topological polar surface area (TPSA) is 44.8 Å². The Bertz CT molecular complexity index is 864. The van der Waals surface area contributed by atoms with Gasteiger partial charge in [0.2, 0.25) is 0 Å². The van der Waals surface area contributed by atoms with Crippen molar-refractivity contribution in [1.29, 1.82) is 0 Å². The van der Waals surface area contributed by atoms with Gasteiger partial charge >= 0.3 is 5.97 Å². The average molecular weight is 435 g/mol. The Labute approximate surface area is 191 Å². The predicted molar refractivity (Wildman–Crippen MR) is 125 cm³/mol. The van der Waals surface area contributed by atoms with Crippen molar-refractivity contribution in [1.82, 2.24) is 0 Å². The lowest BCUT2D eigenvalue weighted by atomic mass is 9.74. The maximum Gasteiger partial charge on any atom is 0.337 e. The van der Waals surface area contributed by atoms with Gasteiger partial charge in [-0.1, -0.05) is 92.8 Å². The quantitative estimate of drug-likeness (QED) is 0.532. The Morgan fingerprint density at radius 2 is 1.28 bits per heavy atom. The molecule has 2 heterocycles. The summed E-state index contributed by atoms with van der Waals surface area (Å²) < 4.78 is 18.6. The summed E-state index contributed by atoms with van der Waals surface area (Å²) in [4.78, 5) is 13.3. The molecule has 2 aromatic carbocycles. The highest BCUT2D eigenvalue weighted by Crippen LogP contribution is 2.51. The molecule has 0 aromatic heterocycles. The van der Waals surface area contributed by atoms with E-state index in [9.17, 15) is 4.79 Å². The number of fused-ring (bicyclic) bond motifs is 1. The van der Waals surface area contributed by atoms with Crippen LogP contribution in [0.5, 0.6) is 0 Å². The summed E-state index contributed by atoms with van der Waals surface area (Å²) in [7, 11) is 0. The molecule has 1 saturated heterocycles. The molecule has 0 aliphatic carbocycles. The lowest BCUT2D eigenvalue weighted by Crippen LogP contribution is -2.39. The van der Waals surface area contributed by atoms with Gasteiger partial charge in [0.05, 0.1) is 24.7 Å². The second-order valence-electron chi connectivity index (χ2n) is 8.78. The van der Waals surface area contributed by atoms with Gasteiger partial charge in [-0.3, -0.25) is 0 Å². The van der Waals surface area contributed by atoms with Crippen LogP contribution < -0.4 is 0 Å². The zero-order chi connectivity index (χ0) is 22.2. The number of benzene rings is 2. The Hall–Kier alpha value is -2.59. The number of hydrogen-bond acceptors (Lipinski definition) is 4. The van der Waals surface area contributed by atoms with Crippen LogP contribution in [0.1, 0.15) is 63.0 Å². The maximum atomic E-state index is 13.3. The highest BCUT2D eigenvalue weighted by atomic mass is 16.5. The molecule has 2 aliphatic rings. The lowest BCUT2D eigenvalue weighted by molar-refractivity contribution is -0.140. The molecule has 0 bridgehead atoms. The first-order valence-corrected chi connectivity index (χ1v) is 12.0. The SMILES string of the molecule is CC1=C2C(=O)OCCCCCCCCCOCC2C(c2ccccc2)(c2ccccc2)O1. The first-order valence-electron chi connectivity index (χ1n) is 12.0. The Morgan fingerprint density at radius 1 is 0.750 bits per heavy atom. The average Bonchev–Trinajstić information content (AvgIpc) is 3.12. The Morgan fingerprint density at radius 3 is 1.88 bits per heavy atom. The van der Waals surface area contributed by atoms with Gasteiger partial charge in [-0.25, -0.2) is 4.79 Å². The van der Waals surface area contributed by atoms with Crippen LogP contribution in [0.15, 0.2) is 72.0 Å². The summed E-state index contributed by atoms with van der Waals surface area (Å²) in [5.74, 6) is 0.0604. The van der Waals surface area contributed by atoms with Crippen molar-refractivity contribution in [3.05, 3.63) is 83.1 Å².